The molecule has 0 aliphatic heterocycles. The van der Waals surface area contributed by atoms with Crippen LogP contribution in [-0.2, 0) is 15.7 Å². The molecule has 1 saturated carbocycles. The maximum Gasteiger partial charge on any atom is 0.294 e. The van der Waals surface area contributed by atoms with Gasteiger partial charge in [-0.3, -0.25) is 4.55 Å². The van der Waals surface area contributed by atoms with E-state index in [0.29, 0.717) is 18.4 Å². The summed E-state index contributed by atoms with van der Waals surface area (Å²) >= 11 is 0. The first-order valence-electron chi connectivity index (χ1n) is 5.23. The van der Waals surface area contributed by atoms with Gasteiger partial charge in [-0.2, -0.15) is 8.42 Å². The monoisotopic (exact) mass is 256 g/mol. The van der Waals surface area contributed by atoms with Crippen LogP contribution in [-0.4, -0.2) is 55.8 Å². The Balaban J connectivity index is 0.00000144. The molecule has 1 aliphatic carbocycles. The van der Waals surface area contributed by atoms with Crippen molar-refractivity contribution < 1.29 is 18.1 Å². The van der Waals surface area contributed by atoms with Gasteiger partial charge in [-0.1, -0.05) is 31.0 Å². The Morgan fingerprint density at radius 3 is 2.06 bits per heavy atom. The molecule has 2 N–H and O–H groups in total. The second-order valence-corrected chi connectivity index (χ2v) is 5.60. The maximum atomic E-state index is 11.2. The van der Waals surface area contributed by atoms with Gasteiger partial charge in [0.15, 0.2) is 0 Å². The van der Waals surface area contributed by atoms with Gasteiger partial charge in [-0.05, 0) is 18.9 Å². The van der Waals surface area contributed by atoms with Crippen LogP contribution < -0.4 is 0 Å². The van der Waals surface area contributed by atoms with Gasteiger partial charge in [0.25, 0.3) is 10.1 Å². The van der Waals surface area contributed by atoms with Crippen molar-refractivity contribution >= 4 is 47.8 Å². The maximum absolute atomic E-state index is 11.2. The van der Waals surface area contributed by atoms with E-state index in [-0.39, 0.29) is 42.6 Å². The van der Waals surface area contributed by atoms with Crippen molar-refractivity contribution in [2.45, 2.75) is 36.2 Å². The van der Waals surface area contributed by atoms with E-state index in [4.69, 9.17) is 4.55 Å². The second-order valence-electron chi connectivity index (χ2n) is 4.21. The van der Waals surface area contributed by atoms with Crippen LogP contribution in [0.4, 0.5) is 0 Å². The molecule has 2 rings (SSSR count). The SMILES string of the molecule is O=S(=O)(O)c1ccccc1C1(O)CCCC1.[Li].[Li]. The van der Waals surface area contributed by atoms with Gasteiger partial charge in [-0.25, -0.2) is 0 Å². The van der Waals surface area contributed by atoms with Crippen molar-refractivity contribution in [3.05, 3.63) is 29.8 Å². The van der Waals surface area contributed by atoms with Gasteiger partial charge >= 0.3 is 0 Å². The largest absolute Gasteiger partial charge is 0.385 e. The van der Waals surface area contributed by atoms with Crippen LogP contribution in [0.25, 0.3) is 0 Å². The summed E-state index contributed by atoms with van der Waals surface area (Å²) in [6, 6.07) is 6.08. The molecule has 18 heavy (non-hydrogen) atoms. The van der Waals surface area contributed by atoms with E-state index in [2.05, 4.69) is 0 Å². The van der Waals surface area contributed by atoms with Crippen molar-refractivity contribution in [3.8, 4) is 0 Å². The van der Waals surface area contributed by atoms with Crippen LogP contribution in [0.3, 0.4) is 0 Å². The summed E-state index contributed by atoms with van der Waals surface area (Å²) in [6.07, 6.45) is 2.83. The van der Waals surface area contributed by atoms with Crippen molar-refractivity contribution in [3.63, 3.8) is 0 Å². The summed E-state index contributed by atoms with van der Waals surface area (Å²) in [6.45, 7) is 0. The first-order valence-corrected chi connectivity index (χ1v) is 6.67. The molecule has 0 atom stereocenters. The molecule has 0 aromatic heterocycles. The number of benzene rings is 1. The molecule has 4 nitrogen and oxygen atoms in total. The second kappa shape index (κ2) is 6.63. The first kappa shape index (κ1) is 18.3. The van der Waals surface area contributed by atoms with Gasteiger partial charge in [0.1, 0.15) is 0 Å². The predicted octanol–water partition coefficient (Wildman–Crippen LogP) is 0.933. The third-order valence-corrected chi connectivity index (χ3v) is 4.01. The van der Waals surface area contributed by atoms with Gasteiger partial charge in [-0.15, -0.1) is 0 Å². The van der Waals surface area contributed by atoms with E-state index >= 15 is 0 Å². The zero-order valence-electron chi connectivity index (χ0n) is 10.8. The van der Waals surface area contributed by atoms with Gasteiger partial charge < -0.3 is 5.11 Å². The summed E-state index contributed by atoms with van der Waals surface area (Å²) in [7, 11) is -4.27. The summed E-state index contributed by atoms with van der Waals surface area (Å²) in [5.41, 5.74) is -0.790. The Hall–Kier alpha value is 0.285. The molecule has 0 saturated heterocycles. The molecule has 1 aromatic rings. The van der Waals surface area contributed by atoms with E-state index in [1.165, 1.54) is 12.1 Å². The average molecular weight is 256 g/mol. The number of aliphatic hydroxyl groups is 1. The molecular formula is C11H14Li2O4S. The summed E-state index contributed by atoms with van der Waals surface area (Å²) in [5, 5.41) is 10.3. The Kier molecular flexibility index (Phi) is 6.74. The third-order valence-electron chi connectivity index (χ3n) is 3.10. The standard InChI is InChI=1S/C11H14O4S.2Li/c12-11(7-3-4-8-11)9-5-1-2-6-10(9)16(13,14)15;;/h1-2,5-6,12H,3-4,7-8H2,(H,13,14,15);;. The average Bonchev–Trinajstić information content (AvgIpc) is 2.65. The topological polar surface area (TPSA) is 74.6 Å². The molecule has 0 bridgehead atoms. The zero-order valence-corrected chi connectivity index (χ0v) is 11.6. The molecule has 0 heterocycles. The Morgan fingerprint density at radius 2 is 1.56 bits per heavy atom. The number of hydrogen-bond donors (Lipinski definition) is 2. The van der Waals surface area contributed by atoms with Crippen molar-refractivity contribution in [1.29, 1.82) is 0 Å². The quantitative estimate of drug-likeness (QED) is 0.610. The van der Waals surface area contributed by atoms with Crippen LogP contribution in [0.15, 0.2) is 29.2 Å². The summed E-state index contributed by atoms with van der Waals surface area (Å²) in [5.74, 6) is 0. The normalized spacial score (nSPS) is 17.7. The molecule has 1 aromatic carbocycles. The minimum atomic E-state index is -4.27. The first-order chi connectivity index (χ1) is 7.43. The van der Waals surface area contributed by atoms with Gasteiger partial charge in [0.2, 0.25) is 0 Å². The number of hydrogen-bond acceptors (Lipinski definition) is 3. The molecule has 7 heteroatoms. The van der Waals surface area contributed by atoms with Crippen molar-refractivity contribution in [2.24, 2.45) is 0 Å². The van der Waals surface area contributed by atoms with Gasteiger partial charge in [0, 0.05) is 43.3 Å². The Bertz CT molecular complexity index is 496. The van der Waals surface area contributed by atoms with Crippen LogP contribution in [0.1, 0.15) is 31.2 Å². The fourth-order valence-electron chi connectivity index (χ4n) is 2.31. The minimum absolute atomic E-state index is 0. The molecule has 1 fully saturated rings. The van der Waals surface area contributed by atoms with Crippen molar-refractivity contribution in [2.75, 3.05) is 0 Å². The molecule has 90 valence electrons. The summed E-state index contributed by atoms with van der Waals surface area (Å²) in [4.78, 5) is -0.181. The van der Waals surface area contributed by atoms with Crippen LogP contribution in [0.5, 0.6) is 0 Å². The fraction of sp³-hybridized carbons (Fsp3) is 0.455. The smallest absolute Gasteiger partial charge is 0.294 e. The van der Waals surface area contributed by atoms with Crippen LogP contribution in [0, 0.1) is 0 Å². The summed E-state index contributed by atoms with van der Waals surface area (Å²) < 4.78 is 31.5. The van der Waals surface area contributed by atoms with E-state index in [0.717, 1.165) is 12.8 Å². The molecule has 2 radical (unpaired) electrons. The van der Waals surface area contributed by atoms with E-state index in [1.807, 2.05) is 0 Å². The minimum Gasteiger partial charge on any atom is -0.385 e. The predicted molar refractivity (Wildman–Crippen MR) is 70.1 cm³/mol. The molecule has 1 aliphatic rings. The number of rotatable bonds is 2. The van der Waals surface area contributed by atoms with E-state index < -0.39 is 15.7 Å². The molecule has 0 amide bonds. The molecule has 0 spiro atoms. The van der Waals surface area contributed by atoms with E-state index in [1.54, 1.807) is 12.1 Å². The zero-order chi connectivity index (χ0) is 11.8. The van der Waals surface area contributed by atoms with Crippen molar-refractivity contribution in [1.82, 2.24) is 0 Å². The third kappa shape index (κ3) is 3.65. The van der Waals surface area contributed by atoms with E-state index in [9.17, 15) is 13.5 Å². The van der Waals surface area contributed by atoms with Crippen LogP contribution >= 0.6 is 0 Å². The molecule has 0 unspecified atom stereocenters. The fourth-order valence-corrected chi connectivity index (χ4v) is 3.09. The van der Waals surface area contributed by atoms with Crippen LogP contribution in [0.2, 0.25) is 0 Å². The van der Waals surface area contributed by atoms with Gasteiger partial charge in [0.05, 0.1) is 10.5 Å². The Morgan fingerprint density at radius 1 is 1.06 bits per heavy atom. The Labute approximate surface area is 131 Å². The molecular weight excluding hydrogens is 242 g/mol.